The average Bonchev–Trinajstić information content (AvgIpc) is 2.47. The third-order valence-electron chi connectivity index (χ3n) is 2.65. The summed E-state index contributed by atoms with van der Waals surface area (Å²) in [6.07, 6.45) is 0. The van der Waals surface area contributed by atoms with E-state index < -0.39 is 11.0 Å². The summed E-state index contributed by atoms with van der Waals surface area (Å²) < 4.78 is 5.61. The first-order valence-electron chi connectivity index (χ1n) is 5.78. The van der Waals surface area contributed by atoms with E-state index in [-0.39, 0.29) is 11.3 Å². The Bertz CT molecular complexity index is 665. The molecule has 0 aromatic heterocycles. The Hall–Kier alpha value is -2.91. The van der Waals surface area contributed by atoms with Crippen LogP contribution in [-0.2, 0) is 0 Å². The van der Waals surface area contributed by atoms with E-state index in [0.717, 1.165) is 0 Å². The van der Waals surface area contributed by atoms with Crippen LogP contribution in [-0.4, -0.2) is 4.92 Å². The van der Waals surface area contributed by atoms with Crippen molar-refractivity contribution >= 4 is 5.69 Å². The van der Waals surface area contributed by atoms with Crippen molar-refractivity contribution < 1.29 is 9.66 Å². The molecule has 0 aliphatic rings. The maximum absolute atomic E-state index is 10.8. The van der Waals surface area contributed by atoms with Gasteiger partial charge in [0.05, 0.1) is 11.0 Å². The monoisotopic (exact) mass is 269 g/mol. The second-order valence-corrected chi connectivity index (χ2v) is 4.00. The molecule has 2 rings (SSSR count). The second-order valence-electron chi connectivity index (χ2n) is 4.00. The number of rotatable bonds is 4. The number of para-hydroxylation sites is 1. The number of non-ortho nitro benzene ring substituents is 1. The summed E-state index contributed by atoms with van der Waals surface area (Å²) in [5.74, 6) is 0.892. The molecule has 1 atom stereocenters. The molecule has 2 aromatic rings. The Morgan fingerprint density at radius 3 is 2.55 bits per heavy atom. The van der Waals surface area contributed by atoms with E-state index in [0.29, 0.717) is 11.5 Å². The van der Waals surface area contributed by atoms with E-state index in [1.54, 1.807) is 24.3 Å². The zero-order valence-corrected chi connectivity index (χ0v) is 10.4. The number of nitrogens with zero attached hydrogens (tertiary/aromatic N) is 2. The summed E-state index contributed by atoms with van der Waals surface area (Å²) in [5.41, 5.74) is 5.80. The highest BCUT2D eigenvalue weighted by atomic mass is 16.6. The lowest BCUT2D eigenvalue weighted by molar-refractivity contribution is -0.384. The Kier molecular flexibility index (Phi) is 3.93. The highest BCUT2D eigenvalue weighted by Crippen LogP contribution is 2.31. The minimum absolute atomic E-state index is 0.133. The molecule has 2 N–H and O–H groups in total. The van der Waals surface area contributed by atoms with Gasteiger partial charge in [-0.1, -0.05) is 18.2 Å². The topological polar surface area (TPSA) is 102 Å². The lowest BCUT2D eigenvalue weighted by atomic mass is 10.1. The Morgan fingerprint density at radius 1 is 1.25 bits per heavy atom. The first-order valence-corrected chi connectivity index (χ1v) is 5.78. The fourth-order valence-electron chi connectivity index (χ4n) is 1.67. The molecule has 100 valence electrons. The van der Waals surface area contributed by atoms with E-state index in [1.165, 1.54) is 18.2 Å². The van der Waals surface area contributed by atoms with Gasteiger partial charge < -0.3 is 10.5 Å². The summed E-state index contributed by atoms with van der Waals surface area (Å²) >= 11 is 0. The van der Waals surface area contributed by atoms with Crippen LogP contribution in [0.3, 0.4) is 0 Å². The molecule has 2 aromatic carbocycles. The van der Waals surface area contributed by atoms with Gasteiger partial charge in [-0.3, -0.25) is 10.1 Å². The summed E-state index contributed by atoms with van der Waals surface area (Å²) in [4.78, 5) is 10.2. The van der Waals surface area contributed by atoms with Gasteiger partial charge in [-0.05, 0) is 18.2 Å². The normalized spacial score (nSPS) is 11.4. The smallest absolute Gasteiger partial charge is 0.270 e. The van der Waals surface area contributed by atoms with Crippen LogP contribution >= 0.6 is 0 Å². The molecule has 0 heterocycles. The van der Waals surface area contributed by atoms with Crippen LogP contribution in [0.15, 0.2) is 48.5 Å². The van der Waals surface area contributed by atoms with Crippen LogP contribution < -0.4 is 10.5 Å². The summed E-state index contributed by atoms with van der Waals surface area (Å²) in [5, 5.41) is 19.7. The Morgan fingerprint density at radius 2 is 1.95 bits per heavy atom. The number of ether oxygens (including phenoxy) is 1. The molecule has 6 nitrogen and oxygen atoms in total. The lowest BCUT2D eigenvalue weighted by Crippen LogP contribution is -2.09. The van der Waals surface area contributed by atoms with Crippen LogP contribution in [0.5, 0.6) is 11.5 Å². The van der Waals surface area contributed by atoms with Crippen molar-refractivity contribution in [2.45, 2.75) is 6.04 Å². The number of nitro benzene ring substituents is 1. The molecule has 0 unspecified atom stereocenters. The molecule has 0 saturated heterocycles. The van der Waals surface area contributed by atoms with Gasteiger partial charge in [-0.15, -0.1) is 0 Å². The van der Waals surface area contributed by atoms with Gasteiger partial charge in [0.15, 0.2) is 0 Å². The molecule has 0 aliphatic carbocycles. The van der Waals surface area contributed by atoms with Gasteiger partial charge in [0, 0.05) is 17.7 Å². The number of hydrogen-bond donors (Lipinski definition) is 1. The second kappa shape index (κ2) is 5.82. The zero-order valence-electron chi connectivity index (χ0n) is 10.4. The lowest BCUT2D eigenvalue weighted by Gasteiger charge is -2.12. The summed E-state index contributed by atoms with van der Waals surface area (Å²) in [6.45, 7) is 0. The van der Waals surface area contributed by atoms with Crippen LogP contribution in [0.25, 0.3) is 0 Å². The van der Waals surface area contributed by atoms with Crippen molar-refractivity contribution in [3.05, 3.63) is 64.2 Å². The molecule has 0 radical (unpaired) electrons. The molecule has 0 amide bonds. The van der Waals surface area contributed by atoms with Gasteiger partial charge in [0.1, 0.15) is 17.5 Å². The summed E-state index contributed by atoms with van der Waals surface area (Å²) in [6, 6.07) is 13.8. The number of nitro groups is 1. The van der Waals surface area contributed by atoms with Gasteiger partial charge in [-0.25, -0.2) is 0 Å². The van der Waals surface area contributed by atoms with Crippen LogP contribution in [0.1, 0.15) is 11.6 Å². The number of benzene rings is 2. The predicted molar refractivity (Wildman–Crippen MR) is 72.2 cm³/mol. The van der Waals surface area contributed by atoms with E-state index in [2.05, 4.69) is 0 Å². The number of hydrogen-bond acceptors (Lipinski definition) is 5. The minimum Gasteiger partial charge on any atom is -0.457 e. The van der Waals surface area contributed by atoms with Crippen molar-refractivity contribution in [1.29, 1.82) is 5.26 Å². The maximum atomic E-state index is 10.8. The van der Waals surface area contributed by atoms with Crippen molar-refractivity contribution in [3.63, 3.8) is 0 Å². The van der Waals surface area contributed by atoms with Crippen LogP contribution in [0.2, 0.25) is 0 Å². The Balaban J connectivity index is 2.42. The highest BCUT2D eigenvalue weighted by molar-refractivity contribution is 5.48. The number of nitrogens with two attached hydrogens (primary N) is 1. The summed E-state index contributed by atoms with van der Waals surface area (Å²) in [7, 11) is 0. The first kappa shape index (κ1) is 13.5. The third-order valence-corrected chi connectivity index (χ3v) is 2.65. The molecular formula is C14H11N3O3. The van der Waals surface area contributed by atoms with E-state index in [9.17, 15) is 10.1 Å². The molecule has 20 heavy (non-hydrogen) atoms. The van der Waals surface area contributed by atoms with Crippen molar-refractivity contribution in [2.24, 2.45) is 5.73 Å². The number of nitriles is 1. The first-order chi connectivity index (χ1) is 9.61. The van der Waals surface area contributed by atoms with E-state index >= 15 is 0 Å². The van der Waals surface area contributed by atoms with Gasteiger partial charge >= 0.3 is 0 Å². The van der Waals surface area contributed by atoms with Gasteiger partial charge in [0.2, 0.25) is 0 Å². The molecule has 0 aliphatic heterocycles. The SMILES string of the molecule is N#C[C@H](N)c1cc([N+](=O)[O-])ccc1Oc1ccccc1. The zero-order chi connectivity index (χ0) is 14.5. The van der Waals surface area contributed by atoms with Gasteiger partial charge in [-0.2, -0.15) is 5.26 Å². The molecule has 0 saturated carbocycles. The standard InChI is InChI=1S/C14H11N3O3/c15-9-13(16)12-8-10(17(18)19)6-7-14(12)20-11-4-2-1-3-5-11/h1-8,13H,16H2/t13-/m0/s1. The Labute approximate surface area is 115 Å². The van der Waals surface area contributed by atoms with Gasteiger partial charge in [0.25, 0.3) is 5.69 Å². The van der Waals surface area contributed by atoms with E-state index in [1.807, 2.05) is 12.1 Å². The largest absolute Gasteiger partial charge is 0.457 e. The molecule has 0 spiro atoms. The average molecular weight is 269 g/mol. The fourth-order valence-corrected chi connectivity index (χ4v) is 1.67. The van der Waals surface area contributed by atoms with Crippen molar-refractivity contribution in [3.8, 4) is 17.6 Å². The van der Waals surface area contributed by atoms with Crippen LogP contribution in [0.4, 0.5) is 5.69 Å². The quantitative estimate of drug-likeness (QED) is 0.679. The molecular weight excluding hydrogens is 258 g/mol. The fraction of sp³-hybridized carbons (Fsp3) is 0.0714. The third kappa shape index (κ3) is 2.91. The van der Waals surface area contributed by atoms with E-state index in [4.69, 9.17) is 15.7 Å². The maximum Gasteiger partial charge on any atom is 0.270 e. The molecule has 0 bridgehead atoms. The van der Waals surface area contributed by atoms with Crippen molar-refractivity contribution in [1.82, 2.24) is 0 Å². The molecule has 0 fully saturated rings. The van der Waals surface area contributed by atoms with Crippen molar-refractivity contribution in [2.75, 3.05) is 0 Å². The highest BCUT2D eigenvalue weighted by Gasteiger charge is 2.17. The predicted octanol–water partition coefficient (Wildman–Crippen LogP) is 2.91. The minimum atomic E-state index is -0.992. The van der Waals surface area contributed by atoms with Crippen LogP contribution in [0, 0.1) is 21.4 Å². The molecule has 6 heteroatoms.